The highest BCUT2D eigenvalue weighted by molar-refractivity contribution is 7.25. The molecule has 5 heteroatoms. The highest BCUT2D eigenvalue weighted by Crippen LogP contribution is 2.41. The van der Waals surface area contributed by atoms with Gasteiger partial charge in [0.1, 0.15) is 11.2 Å². The van der Waals surface area contributed by atoms with Crippen LogP contribution in [0.25, 0.3) is 120 Å². The van der Waals surface area contributed by atoms with Gasteiger partial charge in [0.25, 0.3) is 0 Å². The molecule has 12 rings (SSSR count). The topological polar surface area (TPSA) is 51.8 Å². The Labute approximate surface area is 361 Å². The summed E-state index contributed by atoms with van der Waals surface area (Å²) >= 11 is 1.79. The number of fused-ring (bicyclic) bond motifs is 9. The van der Waals surface area contributed by atoms with Crippen LogP contribution in [0.15, 0.2) is 217 Å². The summed E-state index contributed by atoms with van der Waals surface area (Å²) in [5.74, 6) is 1.92. The van der Waals surface area contributed by atoms with Crippen molar-refractivity contribution in [3.63, 3.8) is 0 Å². The first-order valence-corrected chi connectivity index (χ1v) is 21.6. The number of hydrogen-bond acceptors (Lipinski definition) is 5. The van der Waals surface area contributed by atoms with E-state index in [-0.39, 0.29) is 0 Å². The van der Waals surface area contributed by atoms with E-state index in [9.17, 15) is 0 Å². The standard InChI is InChI=1S/C57H35N3OS/c1-2-15-40(16-3-1)55-58-56(60-57(59-55)47-23-12-26-52-54(47)46-21-8-9-25-51(46)62-52)41-31-29-39(30-32-41)45-22-11-24-50-53(45)48-35-42(33-34-49(48)61-50)36-17-10-18-37-13-4-6-19-43(37)44-20-7-5-14-38(44)28-27-36/h1-35H. The molecule has 9 aromatic carbocycles. The summed E-state index contributed by atoms with van der Waals surface area (Å²) in [4.78, 5) is 15.3. The van der Waals surface area contributed by atoms with Crippen LogP contribution in [-0.2, 0) is 0 Å². The van der Waals surface area contributed by atoms with Crippen LogP contribution in [0.5, 0.6) is 0 Å². The summed E-state index contributed by atoms with van der Waals surface area (Å²) in [5, 5.41) is 9.35. The van der Waals surface area contributed by atoms with Crippen molar-refractivity contribution >= 4 is 75.0 Å². The smallest absolute Gasteiger partial charge is 0.164 e. The molecular weight excluding hydrogens is 775 g/mol. The Hall–Kier alpha value is -7.99. The van der Waals surface area contributed by atoms with E-state index >= 15 is 0 Å². The molecule has 0 saturated carbocycles. The summed E-state index contributed by atoms with van der Waals surface area (Å²) in [6.45, 7) is 0. The fourth-order valence-corrected chi connectivity index (χ4v) is 9.94. The molecule has 0 aliphatic rings. The van der Waals surface area contributed by atoms with Gasteiger partial charge in [-0.25, -0.2) is 15.0 Å². The van der Waals surface area contributed by atoms with Crippen LogP contribution in [0.1, 0.15) is 0 Å². The number of furan rings is 1. The van der Waals surface area contributed by atoms with Gasteiger partial charge >= 0.3 is 0 Å². The van der Waals surface area contributed by atoms with Crippen molar-refractivity contribution in [2.45, 2.75) is 0 Å². The van der Waals surface area contributed by atoms with Gasteiger partial charge in [0, 0.05) is 47.6 Å². The second kappa shape index (κ2) is 14.9. The van der Waals surface area contributed by atoms with Crippen molar-refractivity contribution in [1.82, 2.24) is 15.0 Å². The lowest BCUT2D eigenvalue weighted by molar-refractivity contribution is 0.669. The average Bonchev–Trinajstić information content (AvgIpc) is 3.92. The number of nitrogens with zero attached hydrogens (tertiary/aromatic N) is 3. The van der Waals surface area contributed by atoms with Crippen molar-refractivity contribution in [2.24, 2.45) is 0 Å². The van der Waals surface area contributed by atoms with Gasteiger partial charge in [0.05, 0.1) is 0 Å². The van der Waals surface area contributed by atoms with Crippen molar-refractivity contribution in [1.29, 1.82) is 0 Å². The van der Waals surface area contributed by atoms with E-state index in [2.05, 4.69) is 194 Å². The highest BCUT2D eigenvalue weighted by Gasteiger charge is 2.18. The monoisotopic (exact) mass is 809 g/mol. The quantitative estimate of drug-likeness (QED) is 0.174. The van der Waals surface area contributed by atoms with Gasteiger partial charge in [-0.15, -0.1) is 11.3 Å². The Morgan fingerprint density at radius 2 is 0.855 bits per heavy atom. The van der Waals surface area contributed by atoms with Gasteiger partial charge in [-0.3, -0.25) is 0 Å². The Balaban J connectivity index is 0.968. The molecule has 0 N–H and O–H groups in total. The van der Waals surface area contributed by atoms with Crippen LogP contribution in [0, 0.1) is 0 Å². The number of rotatable bonds is 5. The van der Waals surface area contributed by atoms with Crippen molar-refractivity contribution in [2.75, 3.05) is 0 Å². The third kappa shape index (κ3) is 6.26. The first kappa shape index (κ1) is 35.9. The first-order chi connectivity index (χ1) is 30.7. The van der Waals surface area contributed by atoms with Gasteiger partial charge in [0.15, 0.2) is 17.5 Å². The number of aromatic nitrogens is 3. The maximum atomic E-state index is 6.50. The predicted octanol–water partition coefficient (Wildman–Crippen LogP) is 15.9. The molecular formula is C57H35N3OS. The second-order valence-electron chi connectivity index (χ2n) is 15.5. The molecule has 0 fully saturated rings. The fourth-order valence-electron chi connectivity index (χ4n) is 8.81. The first-order valence-electron chi connectivity index (χ1n) is 20.8. The van der Waals surface area contributed by atoms with E-state index in [4.69, 9.17) is 19.4 Å². The van der Waals surface area contributed by atoms with E-state index < -0.39 is 0 Å². The molecule has 0 atom stereocenters. The van der Waals surface area contributed by atoms with Crippen molar-refractivity contribution < 1.29 is 4.42 Å². The fraction of sp³-hybridized carbons (Fsp3) is 0. The average molecular weight is 810 g/mol. The molecule has 3 heterocycles. The maximum Gasteiger partial charge on any atom is 0.164 e. The minimum Gasteiger partial charge on any atom is -0.456 e. The molecule has 290 valence electrons. The van der Waals surface area contributed by atoms with E-state index in [1.165, 1.54) is 41.7 Å². The van der Waals surface area contributed by atoms with E-state index in [0.29, 0.717) is 17.5 Å². The lowest BCUT2D eigenvalue weighted by Crippen LogP contribution is -2.00. The van der Waals surface area contributed by atoms with E-state index in [0.717, 1.165) is 60.9 Å². The Kier molecular flexibility index (Phi) is 8.65. The van der Waals surface area contributed by atoms with Gasteiger partial charge in [0.2, 0.25) is 0 Å². The molecule has 0 unspecified atom stereocenters. The van der Waals surface area contributed by atoms with Crippen LogP contribution in [-0.4, -0.2) is 15.0 Å². The van der Waals surface area contributed by atoms with Crippen LogP contribution in [0.3, 0.4) is 0 Å². The normalized spacial score (nSPS) is 11.5. The Bertz CT molecular complexity index is 3760. The highest BCUT2D eigenvalue weighted by atomic mass is 32.1. The van der Waals surface area contributed by atoms with Crippen LogP contribution in [0.4, 0.5) is 0 Å². The molecule has 0 saturated heterocycles. The van der Waals surface area contributed by atoms with Gasteiger partial charge in [-0.1, -0.05) is 182 Å². The molecule has 0 aliphatic carbocycles. The minimum atomic E-state index is 0.626. The SMILES string of the molecule is c1ccc(-c2nc(-c3ccc(-c4cccc5oc6ccc(-c7cccc8ccccc8c8ccccc8cc7)cc6c45)cc3)nc(-c3cccc4sc5ccccc5c34)n2)cc1. The summed E-state index contributed by atoms with van der Waals surface area (Å²) in [7, 11) is 0. The van der Waals surface area contributed by atoms with Crippen molar-refractivity contribution in [3.8, 4) is 56.4 Å². The zero-order valence-corrected chi connectivity index (χ0v) is 34.2. The molecule has 0 spiro atoms. The number of thiophene rings is 1. The molecule has 62 heavy (non-hydrogen) atoms. The van der Waals surface area contributed by atoms with E-state index in [1.54, 1.807) is 11.3 Å². The zero-order valence-electron chi connectivity index (χ0n) is 33.4. The molecule has 0 bridgehead atoms. The largest absolute Gasteiger partial charge is 0.456 e. The predicted molar refractivity (Wildman–Crippen MR) is 260 cm³/mol. The molecule has 0 amide bonds. The van der Waals surface area contributed by atoms with E-state index in [1.807, 2.05) is 18.2 Å². The van der Waals surface area contributed by atoms with Gasteiger partial charge in [-0.2, -0.15) is 0 Å². The zero-order chi connectivity index (χ0) is 41.0. The summed E-state index contributed by atoms with van der Waals surface area (Å²) in [6.07, 6.45) is 0. The van der Waals surface area contributed by atoms with Crippen LogP contribution < -0.4 is 0 Å². The van der Waals surface area contributed by atoms with Gasteiger partial charge < -0.3 is 4.42 Å². The summed E-state index contributed by atoms with van der Waals surface area (Å²) in [6, 6.07) is 74.7. The third-order valence-electron chi connectivity index (χ3n) is 11.8. The molecule has 4 nitrogen and oxygen atoms in total. The van der Waals surface area contributed by atoms with Crippen LogP contribution in [0.2, 0.25) is 0 Å². The summed E-state index contributed by atoms with van der Waals surface area (Å²) < 4.78 is 8.96. The second-order valence-corrected chi connectivity index (χ2v) is 16.6. The Morgan fingerprint density at radius 1 is 0.306 bits per heavy atom. The number of benzene rings is 8. The molecule has 12 aromatic rings. The molecule has 0 aliphatic heterocycles. The Morgan fingerprint density at radius 3 is 1.66 bits per heavy atom. The summed E-state index contributed by atoms with van der Waals surface area (Å²) in [5.41, 5.74) is 8.97. The minimum absolute atomic E-state index is 0.626. The lowest BCUT2D eigenvalue weighted by Gasteiger charge is -2.10. The lowest BCUT2D eigenvalue weighted by atomic mass is 9.96. The third-order valence-corrected chi connectivity index (χ3v) is 12.9. The molecule has 0 radical (unpaired) electrons. The van der Waals surface area contributed by atoms with Gasteiger partial charge in [-0.05, 0) is 74.1 Å². The van der Waals surface area contributed by atoms with Crippen molar-refractivity contribution in [3.05, 3.63) is 212 Å². The molecule has 3 aromatic heterocycles. The maximum absolute atomic E-state index is 6.50. The van der Waals surface area contributed by atoms with Crippen LogP contribution >= 0.6 is 11.3 Å². The number of hydrogen-bond donors (Lipinski definition) is 0.